The monoisotopic (exact) mass is 193 g/mol. The van der Waals surface area contributed by atoms with Crippen LogP contribution < -0.4 is 5.32 Å². The van der Waals surface area contributed by atoms with Gasteiger partial charge >= 0.3 is 0 Å². The van der Waals surface area contributed by atoms with E-state index in [1.165, 1.54) is 0 Å². The van der Waals surface area contributed by atoms with Crippen LogP contribution in [-0.4, -0.2) is 11.2 Å². The molecule has 0 amide bonds. The first-order chi connectivity index (χ1) is 6.63. The molecule has 0 heterocycles. The molecule has 0 aliphatic heterocycles. The Bertz CT molecular complexity index is 263. The first-order valence-corrected chi connectivity index (χ1v) is 5.14. The summed E-state index contributed by atoms with van der Waals surface area (Å²) >= 11 is 0. The van der Waals surface area contributed by atoms with Gasteiger partial charge in [-0.15, -0.1) is 0 Å². The zero-order valence-electron chi connectivity index (χ0n) is 8.96. The number of allylic oxidation sites excluding steroid dienone is 3. The predicted molar refractivity (Wildman–Crippen MR) is 59.6 cm³/mol. The van der Waals surface area contributed by atoms with Crippen LogP contribution in [0, 0.1) is 5.92 Å². The average Bonchev–Trinajstić information content (AvgIpc) is 2.18. The molecule has 2 N–H and O–H groups in total. The minimum atomic E-state index is -0.286. The Hall–Kier alpha value is -1.02. The second-order valence-electron chi connectivity index (χ2n) is 3.75. The Morgan fingerprint density at radius 2 is 2.50 bits per heavy atom. The van der Waals surface area contributed by atoms with Crippen molar-refractivity contribution in [1.29, 1.82) is 0 Å². The van der Waals surface area contributed by atoms with Crippen LogP contribution in [0.25, 0.3) is 0 Å². The second-order valence-corrected chi connectivity index (χ2v) is 3.75. The zero-order chi connectivity index (χ0) is 10.6. The molecule has 0 fully saturated rings. The van der Waals surface area contributed by atoms with E-state index in [0.717, 1.165) is 24.2 Å². The normalized spacial score (nSPS) is 22.8. The predicted octanol–water partition coefficient (Wildman–Crippen LogP) is 2.34. The van der Waals surface area contributed by atoms with Crippen LogP contribution in [0.3, 0.4) is 0 Å². The maximum absolute atomic E-state index is 9.46. The molecule has 78 valence electrons. The van der Waals surface area contributed by atoms with Gasteiger partial charge in [0.15, 0.2) is 0 Å². The van der Waals surface area contributed by atoms with Gasteiger partial charge in [-0.1, -0.05) is 25.7 Å². The Kier molecular flexibility index (Phi) is 3.96. The van der Waals surface area contributed by atoms with Gasteiger partial charge < -0.3 is 10.4 Å². The molecule has 2 atom stereocenters. The molecule has 2 nitrogen and oxygen atoms in total. The van der Waals surface area contributed by atoms with Gasteiger partial charge in [0.1, 0.15) is 0 Å². The highest BCUT2D eigenvalue weighted by Gasteiger charge is 2.14. The Morgan fingerprint density at radius 1 is 1.79 bits per heavy atom. The van der Waals surface area contributed by atoms with Crippen LogP contribution in [0.4, 0.5) is 0 Å². The Balaban J connectivity index is 2.60. The SMILES string of the molecule is C=C(CC)NC1=CC(C(C)O)CC=C1. The molecule has 1 rings (SSSR count). The number of aliphatic hydroxyl groups is 1. The standard InChI is InChI=1S/C12H19NO/c1-4-9(2)13-12-7-5-6-11(8-12)10(3)14/h5,7-8,10-11,13-14H,2,4,6H2,1,3H3. The van der Waals surface area contributed by atoms with Crippen LogP contribution in [0.15, 0.2) is 36.2 Å². The summed E-state index contributed by atoms with van der Waals surface area (Å²) in [5, 5.41) is 12.7. The second kappa shape index (κ2) is 5.01. The first-order valence-electron chi connectivity index (χ1n) is 5.14. The van der Waals surface area contributed by atoms with Crippen molar-refractivity contribution in [3.05, 3.63) is 36.2 Å². The zero-order valence-corrected chi connectivity index (χ0v) is 8.96. The number of nitrogens with one attached hydrogen (secondary N) is 1. The summed E-state index contributed by atoms with van der Waals surface area (Å²) in [6.07, 6.45) is 7.76. The third-order valence-corrected chi connectivity index (χ3v) is 2.47. The van der Waals surface area contributed by atoms with E-state index in [1.807, 2.05) is 13.0 Å². The van der Waals surface area contributed by atoms with E-state index in [2.05, 4.69) is 31.0 Å². The fourth-order valence-electron chi connectivity index (χ4n) is 1.42. The van der Waals surface area contributed by atoms with Crippen molar-refractivity contribution in [2.24, 2.45) is 5.92 Å². The van der Waals surface area contributed by atoms with Crippen molar-refractivity contribution in [2.45, 2.75) is 32.8 Å². The fourth-order valence-corrected chi connectivity index (χ4v) is 1.42. The van der Waals surface area contributed by atoms with Crippen LogP contribution >= 0.6 is 0 Å². The van der Waals surface area contributed by atoms with E-state index in [4.69, 9.17) is 0 Å². The molecule has 1 aliphatic carbocycles. The smallest absolute Gasteiger partial charge is 0.0578 e. The molecular weight excluding hydrogens is 174 g/mol. The molecule has 2 heteroatoms. The largest absolute Gasteiger partial charge is 0.393 e. The molecule has 14 heavy (non-hydrogen) atoms. The van der Waals surface area contributed by atoms with Gasteiger partial charge in [0, 0.05) is 17.3 Å². The van der Waals surface area contributed by atoms with E-state index in [9.17, 15) is 5.11 Å². The molecule has 0 bridgehead atoms. The lowest BCUT2D eigenvalue weighted by molar-refractivity contribution is 0.149. The molecule has 0 spiro atoms. The van der Waals surface area contributed by atoms with Gasteiger partial charge in [-0.05, 0) is 25.8 Å². The summed E-state index contributed by atoms with van der Waals surface area (Å²) < 4.78 is 0. The summed E-state index contributed by atoms with van der Waals surface area (Å²) in [6, 6.07) is 0. The average molecular weight is 193 g/mol. The summed E-state index contributed by atoms with van der Waals surface area (Å²) in [5.74, 6) is 0.229. The first kappa shape index (κ1) is 11.1. The lowest BCUT2D eigenvalue weighted by atomic mass is 9.94. The summed E-state index contributed by atoms with van der Waals surface area (Å²) in [6.45, 7) is 7.78. The number of aliphatic hydroxyl groups excluding tert-OH is 1. The van der Waals surface area contributed by atoms with Crippen molar-refractivity contribution in [2.75, 3.05) is 0 Å². The van der Waals surface area contributed by atoms with E-state index < -0.39 is 0 Å². The third kappa shape index (κ3) is 3.04. The van der Waals surface area contributed by atoms with Crippen LogP contribution in [0.5, 0.6) is 0 Å². The van der Waals surface area contributed by atoms with Crippen molar-refractivity contribution < 1.29 is 5.11 Å². The molecule has 0 aromatic rings. The van der Waals surface area contributed by atoms with E-state index in [-0.39, 0.29) is 12.0 Å². The Labute approximate surface area is 86.0 Å². The minimum Gasteiger partial charge on any atom is -0.393 e. The number of hydrogen-bond donors (Lipinski definition) is 2. The molecule has 0 aromatic carbocycles. The lowest BCUT2D eigenvalue weighted by Crippen LogP contribution is -2.20. The maximum atomic E-state index is 9.46. The topological polar surface area (TPSA) is 32.3 Å². The molecule has 2 unspecified atom stereocenters. The van der Waals surface area contributed by atoms with E-state index in [1.54, 1.807) is 0 Å². The molecule has 0 saturated heterocycles. The minimum absolute atomic E-state index is 0.229. The fraction of sp³-hybridized carbons (Fsp3) is 0.500. The van der Waals surface area contributed by atoms with Gasteiger partial charge in [0.05, 0.1) is 6.10 Å². The van der Waals surface area contributed by atoms with E-state index >= 15 is 0 Å². The summed E-state index contributed by atoms with van der Waals surface area (Å²) in [7, 11) is 0. The highest BCUT2D eigenvalue weighted by Crippen LogP contribution is 2.19. The van der Waals surface area contributed by atoms with Gasteiger partial charge in [0.25, 0.3) is 0 Å². The van der Waals surface area contributed by atoms with Crippen LogP contribution in [0.1, 0.15) is 26.7 Å². The van der Waals surface area contributed by atoms with Crippen LogP contribution in [-0.2, 0) is 0 Å². The lowest BCUT2D eigenvalue weighted by Gasteiger charge is -2.20. The van der Waals surface area contributed by atoms with Gasteiger partial charge in [0.2, 0.25) is 0 Å². The maximum Gasteiger partial charge on any atom is 0.0578 e. The number of rotatable bonds is 4. The molecule has 0 aromatic heterocycles. The molecule has 0 saturated carbocycles. The van der Waals surface area contributed by atoms with Crippen LogP contribution in [0.2, 0.25) is 0 Å². The number of hydrogen-bond acceptors (Lipinski definition) is 2. The summed E-state index contributed by atoms with van der Waals surface area (Å²) in [5.41, 5.74) is 2.06. The molecular formula is C12H19NO. The quantitative estimate of drug-likeness (QED) is 0.718. The van der Waals surface area contributed by atoms with Crippen molar-refractivity contribution >= 4 is 0 Å². The van der Waals surface area contributed by atoms with Crippen molar-refractivity contribution in [1.82, 2.24) is 5.32 Å². The highest BCUT2D eigenvalue weighted by molar-refractivity contribution is 5.25. The van der Waals surface area contributed by atoms with Crippen molar-refractivity contribution in [3.63, 3.8) is 0 Å². The highest BCUT2D eigenvalue weighted by atomic mass is 16.3. The van der Waals surface area contributed by atoms with E-state index in [0.29, 0.717) is 0 Å². The summed E-state index contributed by atoms with van der Waals surface area (Å²) in [4.78, 5) is 0. The van der Waals surface area contributed by atoms with Crippen molar-refractivity contribution in [3.8, 4) is 0 Å². The van der Waals surface area contributed by atoms with Gasteiger partial charge in [-0.25, -0.2) is 0 Å². The third-order valence-electron chi connectivity index (χ3n) is 2.47. The van der Waals surface area contributed by atoms with Gasteiger partial charge in [-0.3, -0.25) is 0 Å². The molecule has 0 radical (unpaired) electrons. The van der Waals surface area contributed by atoms with Gasteiger partial charge in [-0.2, -0.15) is 0 Å². The Morgan fingerprint density at radius 3 is 3.07 bits per heavy atom. The molecule has 1 aliphatic rings.